The van der Waals surface area contributed by atoms with Crippen LogP contribution in [0.1, 0.15) is 19.3 Å². The zero-order valence-electron chi connectivity index (χ0n) is 8.12. The van der Waals surface area contributed by atoms with Gasteiger partial charge in [0.15, 0.2) is 0 Å². The molecule has 0 N–H and O–H groups in total. The second kappa shape index (κ2) is 3.14. The molecule has 0 aromatic carbocycles. The molecule has 0 aliphatic carbocycles. The summed E-state index contributed by atoms with van der Waals surface area (Å²) in [6.45, 7) is 0. The van der Waals surface area contributed by atoms with Gasteiger partial charge < -0.3 is 4.74 Å². The average molecular weight is 181 g/mol. The Hall–Kier alpha value is -0.830. The Kier molecular flexibility index (Phi) is 2.12. The summed E-state index contributed by atoms with van der Waals surface area (Å²) in [6.07, 6.45) is 5.35. The van der Waals surface area contributed by atoms with E-state index in [9.17, 15) is 4.79 Å². The van der Waals surface area contributed by atoms with Crippen LogP contribution in [0.5, 0.6) is 0 Å². The number of hydrogen-bond acceptors (Lipinski definition) is 3. The SMILES string of the molecule is COC(=O)C1=CC[C@H]2CC[C@H]1N2C. The van der Waals surface area contributed by atoms with Gasteiger partial charge in [0, 0.05) is 12.1 Å². The number of rotatable bonds is 1. The monoisotopic (exact) mass is 181 g/mol. The van der Waals surface area contributed by atoms with Crippen molar-refractivity contribution in [1.29, 1.82) is 0 Å². The molecule has 0 spiro atoms. The van der Waals surface area contributed by atoms with Crippen molar-refractivity contribution >= 4 is 5.97 Å². The first-order chi connectivity index (χ1) is 6.24. The lowest BCUT2D eigenvalue weighted by atomic mass is 10.0. The van der Waals surface area contributed by atoms with Crippen LogP contribution in [0.25, 0.3) is 0 Å². The fourth-order valence-corrected chi connectivity index (χ4v) is 2.41. The molecule has 72 valence electrons. The van der Waals surface area contributed by atoms with Gasteiger partial charge in [-0.25, -0.2) is 4.79 Å². The van der Waals surface area contributed by atoms with Crippen molar-refractivity contribution in [2.45, 2.75) is 31.3 Å². The van der Waals surface area contributed by atoms with Crippen LogP contribution in [0.4, 0.5) is 0 Å². The molecule has 0 radical (unpaired) electrons. The Morgan fingerprint density at radius 2 is 2.38 bits per heavy atom. The maximum absolute atomic E-state index is 11.4. The molecule has 0 unspecified atom stereocenters. The van der Waals surface area contributed by atoms with Crippen molar-refractivity contribution in [3.63, 3.8) is 0 Å². The third-order valence-electron chi connectivity index (χ3n) is 3.23. The summed E-state index contributed by atoms with van der Waals surface area (Å²) in [5, 5.41) is 0. The van der Waals surface area contributed by atoms with E-state index in [2.05, 4.69) is 11.9 Å². The van der Waals surface area contributed by atoms with Gasteiger partial charge in [0.05, 0.1) is 12.7 Å². The minimum atomic E-state index is -0.155. The van der Waals surface area contributed by atoms with Crippen LogP contribution in [0.15, 0.2) is 11.6 Å². The number of fused-ring (bicyclic) bond motifs is 2. The van der Waals surface area contributed by atoms with E-state index in [-0.39, 0.29) is 5.97 Å². The second-order valence-electron chi connectivity index (χ2n) is 3.80. The van der Waals surface area contributed by atoms with Crippen LogP contribution in [-0.2, 0) is 9.53 Å². The highest BCUT2D eigenvalue weighted by Crippen LogP contribution is 2.34. The maximum Gasteiger partial charge on any atom is 0.335 e. The topological polar surface area (TPSA) is 29.5 Å². The van der Waals surface area contributed by atoms with Crippen LogP contribution in [0.2, 0.25) is 0 Å². The fraction of sp³-hybridized carbons (Fsp3) is 0.700. The summed E-state index contributed by atoms with van der Waals surface area (Å²) in [5.41, 5.74) is 0.860. The molecule has 1 fully saturated rings. The molecular formula is C10H15NO2. The van der Waals surface area contributed by atoms with Crippen LogP contribution >= 0.6 is 0 Å². The smallest absolute Gasteiger partial charge is 0.335 e. The van der Waals surface area contributed by atoms with Gasteiger partial charge in [-0.2, -0.15) is 0 Å². The Morgan fingerprint density at radius 1 is 1.62 bits per heavy atom. The molecule has 2 heterocycles. The number of nitrogens with zero attached hydrogens (tertiary/aromatic N) is 1. The van der Waals surface area contributed by atoms with E-state index in [1.807, 2.05) is 6.08 Å². The van der Waals surface area contributed by atoms with Gasteiger partial charge in [-0.05, 0) is 26.3 Å². The molecule has 2 rings (SSSR count). The number of carbonyl (C=O) groups excluding carboxylic acids is 1. The predicted molar refractivity (Wildman–Crippen MR) is 49.3 cm³/mol. The second-order valence-corrected chi connectivity index (χ2v) is 3.80. The number of likely N-dealkylation sites (N-methyl/N-ethyl adjacent to an activating group) is 1. The van der Waals surface area contributed by atoms with Crippen LogP contribution in [-0.4, -0.2) is 37.1 Å². The quantitative estimate of drug-likeness (QED) is 0.564. The molecule has 2 bridgehead atoms. The van der Waals surface area contributed by atoms with Crippen molar-refractivity contribution in [3.05, 3.63) is 11.6 Å². The van der Waals surface area contributed by atoms with Gasteiger partial charge in [-0.15, -0.1) is 0 Å². The zero-order valence-corrected chi connectivity index (χ0v) is 8.12. The number of carbonyl (C=O) groups is 1. The minimum absolute atomic E-state index is 0.155. The maximum atomic E-state index is 11.4. The van der Waals surface area contributed by atoms with E-state index >= 15 is 0 Å². The molecule has 2 aliphatic rings. The normalized spacial score (nSPS) is 32.9. The van der Waals surface area contributed by atoms with E-state index in [4.69, 9.17) is 4.74 Å². The molecule has 2 atom stereocenters. The third kappa shape index (κ3) is 1.27. The molecule has 0 saturated carbocycles. The lowest BCUT2D eigenvalue weighted by molar-refractivity contribution is -0.136. The molecule has 0 amide bonds. The van der Waals surface area contributed by atoms with Gasteiger partial charge >= 0.3 is 5.97 Å². The predicted octanol–water partition coefficient (Wildman–Crippen LogP) is 0.952. The van der Waals surface area contributed by atoms with E-state index in [0.717, 1.165) is 18.4 Å². The first-order valence-corrected chi connectivity index (χ1v) is 4.74. The molecule has 13 heavy (non-hydrogen) atoms. The zero-order chi connectivity index (χ0) is 9.42. The van der Waals surface area contributed by atoms with Gasteiger partial charge in [0.1, 0.15) is 0 Å². The molecule has 2 aliphatic heterocycles. The van der Waals surface area contributed by atoms with Gasteiger partial charge in [0.2, 0.25) is 0 Å². The van der Waals surface area contributed by atoms with Crippen LogP contribution < -0.4 is 0 Å². The van der Waals surface area contributed by atoms with E-state index < -0.39 is 0 Å². The van der Waals surface area contributed by atoms with Crippen LogP contribution in [0.3, 0.4) is 0 Å². The molecule has 3 nitrogen and oxygen atoms in total. The van der Waals surface area contributed by atoms with Crippen molar-refractivity contribution in [2.75, 3.05) is 14.2 Å². The first-order valence-electron chi connectivity index (χ1n) is 4.74. The average Bonchev–Trinajstić information content (AvgIpc) is 2.41. The summed E-state index contributed by atoms with van der Waals surface area (Å²) in [6, 6.07) is 0.963. The van der Waals surface area contributed by atoms with Crippen molar-refractivity contribution in [1.82, 2.24) is 4.90 Å². The van der Waals surface area contributed by atoms with Crippen LogP contribution in [0, 0.1) is 0 Å². The van der Waals surface area contributed by atoms with Gasteiger partial charge in [-0.3, -0.25) is 4.90 Å². The van der Waals surface area contributed by atoms with Crippen molar-refractivity contribution in [3.8, 4) is 0 Å². The lowest BCUT2D eigenvalue weighted by Crippen LogP contribution is -2.38. The van der Waals surface area contributed by atoms with E-state index in [0.29, 0.717) is 12.1 Å². The highest BCUT2D eigenvalue weighted by atomic mass is 16.5. The van der Waals surface area contributed by atoms with E-state index in [1.165, 1.54) is 13.5 Å². The Morgan fingerprint density at radius 3 is 3.08 bits per heavy atom. The van der Waals surface area contributed by atoms with Gasteiger partial charge in [0.25, 0.3) is 0 Å². The van der Waals surface area contributed by atoms with E-state index in [1.54, 1.807) is 0 Å². The largest absolute Gasteiger partial charge is 0.466 e. The summed E-state index contributed by atoms with van der Waals surface area (Å²) < 4.78 is 4.75. The van der Waals surface area contributed by atoms with Crippen molar-refractivity contribution in [2.24, 2.45) is 0 Å². The number of esters is 1. The summed E-state index contributed by atoms with van der Waals surface area (Å²) in [7, 11) is 3.54. The number of methoxy groups -OCH3 is 1. The molecule has 0 aromatic heterocycles. The number of ether oxygens (including phenoxy) is 1. The molecular weight excluding hydrogens is 166 g/mol. The van der Waals surface area contributed by atoms with Crippen molar-refractivity contribution < 1.29 is 9.53 Å². The molecule has 1 saturated heterocycles. The third-order valence-corrected chi connectivity index (χ3v) is 3.23. The standard InChI is InChI=1S/C10H15NO2/c1-11-7-3-5-8(10(12)13-2)9(11)6-4-7/h5,7,9H,3-4,6H2,1-2H3/t7-,9+/m0/s1. The molecule has 3 heteroatoms. The first kappa shape index (κ1) is 8.75. The lowest BCUT2D eigenvalue weighted by Gasteiger charge is -2.30. The molecule has 0 aromatic rings. The van der Waals surface area contributed by atoms with Gasteiger partial charge in [-0.1, -0.05) is 6.08 Å². The Labute approximate surface area is 78.4 Å². The fourth-order valence-electron chi connectivity index (χ4n) is 2.41. The summed E-state index contributed by atoms with van der Waals surface area (Å²) >= 11 is 0. The Bertz CT molecular complexity index is 260. The minimum Gasteiger partial charge on any atom is -0.466 e. The highest BCUT2D eigenvalue weighted by Gasteiger charge is 2.38. The highest BCUT2D eigenvalue weighted by molar-refractivity contribution is 5.90. The summed E-state index contributed by atoms with van der Waals surface area (Å²) in [5.74, 6) is -0.155. The Balaban J connectivity index is 2.21. The number of hydrogen-bond donors (Lipinski definition) is 0. The summed E-state index contributed by atoms with van der Waals surface area (Å²) in [4.78, 5) is 13.7.